The Morgan fingerprint density at radius 1 is 1.40 bits per heavy atom. The number of thiophene rings is 1. The zero-order chi connectivity index (χ0) is 14.5. The van der Waals surface area contributed by atoms with Crippen molar-refractivity contribution in [1.82, 2.24) is 9.97 Å². The van der Waals surface area contributed by atoms with E-state index in [0.29, 0.717) is 6.42 Å². The lowest BCUT2D eigenvalue weighted by Crippen LogP contribution is -2.17. The van der Waals surface area contributed by atoms with Crippen molar-refractivity contribution in [3.63, 3.8) is 0 Å². The van der Waals surface area contributed by atoms with Crippen LogP contribution in [0.15, 0.2) is 17.8 Å². The van der Waals surface area contributed by atoms with Gasteiger partial charge in [0.1, 0.15) is 17.0 Å². The van der Waals surface area contributed by atoms with Gasteiger partial charge in [-0.15, -0.1) is 11.3 Å². The SMILES string of the molecule is CC(CCCC(C)C(=O)O)Nc1ncnc2sccc12. The lowest BCUT2D eigenvalue weighted by molar-refractivity contribution is -0.141. The van der Waals surface area contributed by atoms with Crippen molar-refractivity contribution in [2.24, 2.45) is 5.92 Å². The third kappa shape index (κ3) is 3.66. The van der Waals surface area contributed by atoms with E-state index in [1.54, 1.807) is 24.6 Å². The number of nitrogens with zero attached hydrogens (tertiary/aromatic N) is 2. The Balaban J connectivity index is 1.87. The molecule has 0 saturated heterocycles. The van der Waals surface area contributed by atoms with Crippen molar-refractivity contribution >= 4 is 33.3 Å². The molecule has 2 aromatic heterocycles. The predicted molar refractivity (Wildman–Crippen MR) is 81.2 cm³/mol. The first-order valence-corrected chi connectivity index (χ1v) is 7.63. The molecule has 0 saturated carbocycles. The molecule has 2 rings (SSSR count). The van der Waals surface area contributed by atoms with Gasteiger partial charge in [0.2, 0.25) is 0 Å². The quantitative estimate of drug-likeness (QED) is 0.818. The topological polar surface area (TPSA) is 75.1 Å². The van der Waals surface area contributed by atoms with Crippen molar-refractivity contribution in [2.75, 3.05) is 5.32 Å². The summed E-state index contributed by atoms with van der Waals surface area (Å²) in [4.78, 5) is 20.2. The Morgan fingerprint density at radius 2 is 2.20 bits per heavy atom. The molecule has 5 nitrogen and oxygen atoms in total. The summed E-state index contributed by atoms with van der Waals surface area (Å²) in [6.45, 7) is 3.84. The standard InChI is InChI=1S/C14H19N3O2S/c1-9(14(18)19)4-3-5-10(2)17-12-11-6-7-20-13(11)16-8-15-12/h6-10H,3-5H2,1-2H3,(H,18,19)(H,15,16,17). The molecule has 0 spiro atoms. The number of aromatic nitrogens is 2. The Labute approximate surface area is 122 Å². The van der Waals surface area contributed by atoms with E-state index in [4.69, 9.17) is 5.11 Å². The Bertz CT molecular complexity index is 585. The average molecular weight is 293 g/mol. The van der Waals surface area contributed by atoms with Crippen LogP contribution in [-0.2, 0) is 4.79 Å². The first-order chi connectivity index (χ1) is 9.58. The predicted octanol–water partition coefficient (Wildman–Crippen LogP) is 3.38. The molecule has 0 aromatic carbocycles. The third-order valence-electron chi connectivity index (χ3n) is 3.34. The summed E-state index contributed by atoms with van der Waals surface area (Å²) >= 11 is 1.60. The van der Waals surface area contributed by atoms with E-state index in [0.717, 1.165) is 28.9 Å². The van der Waals surface area contributed by atoms with Gasteiger partial charge in [0, 0.05) is 6.04 Å². The summed E-state index contributed by atoms with van der Waals surface area (Å²) in [6.07, 6.45) is 4.09. The number of carbonyl (C=O) groups is 1. The molecule has 2 N–H and O–H groups in total. The number of fused-ring (bicyclic) bond motifs is 1. The summed E-state index contributed by atoms with van der Waals surface area (Å²) in [5, 5.41) is 15.3. The summed E-state index contributed by atoms with van der Waals surface area (Å²) in [5.74, 6) is -0.138. The van der Waals surface area contributed by atoms with Crippen LogP contribution < -0.4 is 5.32 Å². The van der Waals surface area contributed by atoms with Crippen molar-refractivity contribution in [2.45, 2.75) is 39.2 Å². The first-order valence-electron chi connectivity index (χ1n) is 6.75. The molecule has 20 heavy (non-hydrogen) atoms. The van der Waals surface area contributed by atoms with E-state index in [1.807, 2.05) is 11.4 Å². The van der Waals surface area contributed by atoms with E-state index in [1.165, 1.54) is 0 Å². The van der Waals surface area contributed by atoms with Crippen molar-refractivity contribution in [3.05, 3.63) is 17.8 Å². The molecule has 2 unspecified atom stereocenters. The molecule has 2 heterocycles. The fourth-order valence-corrected chi connectivity index (χ4v) is 2.80. The second-order valence-corrected chi connectivity index (χ2v) is 5.97. The highest BCUT2D eigenvalue weighted by atomic mass is 32.1. The summed E-state index contributed by atoms with van der Waals surface area (Å²) in [7, 11) is 0. The van der Waals surface area contributed by atoms with Gasteiger partial charge in [-0.2, -0.15) is 0 Å². The Kier molecular flexibility index (Phi) is 4.89. The van der Waals surface area contributed by atoms with Gasteiger partial charge in [-0.05, 0) is 31.2 Å². The molecule has 2 atom stereocenters. The van der Waals surface area contributed by atoms with Gasteiger partial charge in [-0.3, -0.25) is 4.79 Å². The Morgan fingerprint density at radius 3 is 2.95 bits per heavy atom. The fourth-order valence-electron chi connectivity index (χ4n) is 2.06. The molecule has 2 aromatic rings. The maximum Gasteiger partial charge on any atom is 0.306 e. The normalized spacial score (nSPS) is 14.1. The van der Waals surface area contributed by atoms with E-state index < -0.39 is 5.97 Å². The monoisotopic (exact) mass is 293 g/mol. The van der Waals surface area contributed by atoms with Crippen molar-refractivity contribution < 1.29 is 9.90 Å². The minimum Gasteiger partial charge on any atom is -0.481 e. The number of hydrogen-bond acceptors (Lipinski definition) is 5. The van der Waals surface area contributed by atoms with Gasteiger partial charge in [0.05, 0.1) is 11.3 Å². The Hall–Kier alpha value is -1.69. The molecule has 6 heteroatoms. The number of carboxylic acid groups (broad SMARTS) is 1. The van der Waals surface area contributed by atoms with Crippen molar-refractivity contribution in [1.29, 1.82) is 0 Å². The number of carboxylic acids is 1. The molecule has 0 aliphatic rings. The van der Waals surface area contributed by atoms with Gasteiger partial charge >= 0.3 is 5.97 Å². The molecule has 0 fully saturated rings. The molecular formula is C14H19N3O2S. The van der Waals surface area contributed by atoms with Crippen LogP contribution in [0.4, 0.5) is 5.82 Å². The summed E-state index contributed by atoms with van der Waals surface area (Å²) in [6, 6.07) is 2.27. The van der Waals surface area contributed by atoms with Crippen LogP contribution in [-0.4, -0.2) is 27.1 Å². The van der Waals surface area contributed by atoms with Gasteiger partial charge in [-0.25, -0.2) is 9.97 Å². The second kappa shape index (κ2) is 6.65. The highest BCUT2D eigenvalue weighted by Crippen LogP contribution is 2.24. The van der Waals surface area contributed by atoms with Gasteiger partial charge in [-0.1, -0.05) is 13.3 Å². The zero-order valence-electron chi connectivity index (χ0n) is 11.7. The van der Waals surface area contributed by atoms with Crippen LogP contribution in [0.25, 0.3) is 10.2 Å². The molecular weight excluding hydrogens is 274 g/mol. The average Bonchev–Trinajstić information content (AvgIpc) is 2.87. The van der Waals surface area contributed by atoms with Crippen LogP contribution in [0, 0.1) is 5.92 Å². The second-order valence-electron chi connectivity index (χ2n) is 5.08. The number of anilines is 1. The molecule has 0 bridgehead atoms. The zero-order valence-corrected chi connectivity index (χ0v) is 12.5. The van der Waals surface area contributed by atoms with Crippen LogP contribution >= 0.6 is 11.3 Å². The fraction of sp³-hybridized carbons (Fsp3) is 0.500. The first kappa shape index (κ1) is 14.7. The third-order valence-corrected chi connectivity index (χ3v) is 4.16. The number of rotatable bonds is 7. The number of hydrogen-bond donors (Lipinski definition) is 2. The summed E-state index contributed by atoms with van der Waals surface area (Å²) in [5.41, 5.74) is 0. The largest absolute Gasteiger partial charge is 0.481 e. The van der Waals surface area contributed by atoms with E-state index in [2.05, 4.69) is 22.2 Å². The van der Waals surface area contributed by atoms with Gasteiger partial charge in [0.25, 0.3) is 0 Å². The molecule has 0 aliphatic carbocycles. The summed E-state index contributed by atoms with van der Waals surface area (Å²) < 4.78 is 0. The highest BCUT2D eigenvalue weighted by molar-refractivity contribution is 7.16. The highest BCUT2D eigenvalue weighted by Gasteiger charge is 2.12. The molecule has 0 radical (unpaired) electrons. The van der Waals surface area contributed by atoms with Crippen LogP contribution in [0.1, 0.15) is 33.1 Å². The van der Waals surface area contributed by atoms with Gasteiger partial charge < -0.3 is 10.4 Å². The lowest BCUT2D eigenvalue weighted by atomic mass is 10.0. The molecule has 108 valence electrons. The van der Waals surface area contributed by atoms with E-state index in [-0.39, 0.29) is 12.0 Å². The van der Waals surface area contributed by atoms with Crippen LogP contribution in [0.3, 0.4) is 0 Å². The van der Waals surface area contributed by atoms with E-state index >= 15 is 0 Å². The molecule has 0 amide bonds. The number of aliphatic carboxylic acids is 1. The number of nitrogens with one attached hydrogen (secondary N) is 1. The maximum atomic E-state index is 10.8. The lowest BCUT2D eigenvalue weighted by Gasteiger charge is -2.15. The van der Waals surface area contributed by atoms with Crippen molar-refractivity contribution in [3.8, 4) is 0 Å². The van der Waals surface area contributed by atoms with Crippen LogP contribution in [0.5, 0.6) is 0 Å². The maximum absolute atomic E-state index is 10.8. The van der Waals surface area contributed by atoms with E-state index in [9.17, 15) is 4.79 Å². The van der Waals surface area contributed by atoms with Gasteiger partial charge in [0.15, 0.2) is 0 Å². The smallest absolute Gasteiger partial charge is 0.306 e. The minimum atomic E-state index is -0.721. The van der Waals surface area contributed by atoms with Crippen LogP contribution in [0.2, 0.25) is 0 Å². The minimum absolute atomic E-state index is 0.258. The molecule has 0 aliphatic heterocycles.